The molecule has 2 aromatic carbocycles. The molecule has 0 saturated heterocycles. The number of aromatic nitrogens is 1. The molecule has 0 atom stereocenters. The number of benzene rings is 2. The third-order valence-corrected chi connectivity index (χ3v) is 4.47. The molecule has 0 fully saturated rings. The number of hydrogen-bond donors (Lipinski definition) is 1. The lowest BCUT2D eigenvalue weighted by molar-refractivity contribution is 0.0520. The van der Waals surface area contributed by atoms with Crippen molar-refractivity contribution in [2.75, 3.05) is 6.61 Å². The van der Waals surface area contributed by atoms with E-state index in [1.165, 1.54) is 11.3 Å². The molecule has 27 heavy (non-hydrogen) atoms. The molecular formula is C21H19N3O2S. The summed E-state index contributed by atoms with van der Waals surface area (Å²) < 4.78 is 4.91. The first-order valence-corrected chi connectivity index (χ1v) is 9.33. The molecule has 0 bridgehead atoms. The molecule has 0 unspecified atom stereocenters. The minimum absolute atomic E-state index is 0.265. The van der Waals surface area contributed by atoms with Gasteiger partial charge in [-0.2, -0.15) is 0 Å². The third kappa shape index (κ3) is 4.89. The molecule has 0 amide bonds. The Kier molecular flexibility index (Phi) is 6.12. The standard InChI is InChI=1S/C21H19N3O2S/c1-2-26-20(25)19-14-27-21(24-19)23-12-11-18(22)17-10-6-9-16(13-17)15-7-4-3-5-8-15/h3-14H,2,22H2,1H3. The number of carbonyl (C=O) groups excluding carboxylic acids is 1. The van der Waals surface area contributed by atoms with Gasteiger partial charge in [0, 0.05) is 17.3 Å². The van der Waals surface area contributed by atoms with Crippen LogP contribution < -0.4 is 5.73 Å². The second kappa shape index (κ2) is 8.91. The van der Waals surface area contributed by atoms with Crippen LogP contribution in [0, 0.1) is 0 Å². The summed E-state index contributed by atoms with van der Waals surface area (Å²) >= 11 is 1.27. The van der Waals surface area contributed by atoms with Crippen LogP contribution >= 0.6 is 11.3 Å². The molecule has 3 rings (SSSR count). The van der Waals surface area contributed by atoms with E-state index >= 15 is 0 Å². The quantitative estimate of drug-likeness (QED) is 0.499. The molecule has 2 N–H and O–H groups in total. The van der Waals surface area contributed by atoms with Crippen LogP contribution in [0.5, 0.6) is 0 Å². The molecule has 0 aliphatic carbocycles. The van der Waals surface area contributed by atoms with Crippen molar-refractivity contribution in [1.29, 1.82) is 0 Å². The maximum absolute atomic E-state index is 11.6. The highest BCUT2D eigenvalue weighted by molar-refractivity contribution is 7.13. The number of carbonyl (C=O) groups is 1. The van der Waals surface area contributed by atoms with E-state index in [1.807, 2.05) is 42.5 Å². The van der Waals surface area contributed by atoms with Crippen molar-refractivity contribution in [3.63, 3.8) is 0 Å². The largest absolute Gasteiger partial charge is 0.461 e. The lowest BCUT2D eigenvalue weighted by atomic mass is 10.0. The topological polar surface area (TPSA) is 77.6 Å². The van der Waals surface area contributed by atoms with Crippen molar-refractivity contribution < 1.29 is 9.53 Å². The summed E-state index contributed by atoms with van der Waals surface area (Å²) in [6.45, 7) is 2.07. The minimum Gasteiger partial charge on any atom is -0.461 e. The Balaban J connectivity index is 1.73. The smallest absolute Gasteiger partial charge is 0.357 e. The molecular weight excluding hydrogens is 358 g/mol. The van der Waals surface area contributed by atoms with Crippen LogP contribution in [0.4, 0.5) is 5.13 Å². The lowest BCUT2D eigenvalue weighted by Crippen LogP contribution is -2.04. The zero-order chi connectivity index (χ0) is 19.1. The Hall–Kier alpha value is -3.25. The average molecular weight is 377 g/mol. The maximum atomic E-state index is 11.6. The Morgan fingerprint density at radius 2 is 1.96 bits per heavy atom. The molecule has 1 heterocycles. The van der Waals surface area contributed by atoms with E-state index in [0.29, 0.717) is 17.4 Å². The van der Waals surface area contributed by atoms with Gasteiger partial charge in [-0.1, -0.05) is 48.5 Å². The van der Waals surface area contributed by atoms with E-state index in [4.69, 9.17) is 10.5 Å². The third-order valence-electron chi connectivity index (χ3n) is 3.72. The first-order valence-electron chi connectivity index (χ1n) is 8.45. The number of aliphatic imine (C=N–C) groups is 1. The number of hydrogen-bond acceptors (Lipinski definition) is 6. The van der Waals surface area contributed by atoms with Crippen molar-refractivity contribution in [2.45, 2.75) is 6.92 Å². The van der Waals surface area contributed by atoms with Gasteiger partial charge in [0.05, 0.1) is 6.61 Å². The van der Waals surface area contributed by atoms with E-state index < -0.39 is 5.97 Å². The van der Waals surface area contributed by atoms with Gasteiger partial charge in [0.1, 0.15) is 0 Å². The van der Waals surface area contributed by atoms with Crippen LogP contribution in [0.1, 0.15) is 23.0 Å². The molecule has 0 radical (unpaired) electrons. The van der Waals surface area contributed by atoms with Gasteiger partial charge in [-0.3, -0.25) is 0 Å². The van der Waals surface area contributed by atoms with Crippen molar-refractivity contribution in [3.8, 4) is 11.1 Å². The molecule has 3 aromatic rings. The fraction of sp³-hybridized carbons (Fsp3) is 0.0952. The summed E-state index contributed by atoms with van der Waals surface area (Å²) in [7, 11) is 0. The molecule has 1 aromatic heterocycles. The number of nitrogens with zero attached hydrogens (tertiary/aromatic N) is 2. The Morgan fingerprint density at radius 3 is 2.74 bits per heavy atom. The van der Waals surface area contributed by atoms with E-state index in [2.05, 4.69) is 22.1 Å². The van der Waals surface area contributed by atoms with Crippen molar-refractivity contribution >= 4 is 34.3 Å². The van der Waals surface area contributed by atoms with E-state index in [9.17, 15) is 4.79 Å². The fourth-order valence-corrected chi connectivity index (χ4v) is 3.05. The number of thiazole rings is 1. The average Bonchev–Trinajstić information content (AvgIpc) is 3.18. The van der Waals surface area contributed by atoms with Crippen LogP contribution in [-0.4, -0.2) is 23.8 Å². The zero-order valence-electron chi connectivity index (χ0n) is 14.8. The fourth-order valence-electron chi connectivity index (χ4n) is 2.41. The van der Waals surface area contributed by atoms with Crippen LogP contribution in [-0.2, 0) is 4.74 Å². The monoisotopic (exact) mass is 377 g/mol. The summed E-state index contributed by atoms with van der Waals surface area (Å²) in [6, 6.07) is 18.1. The first kappa shape index (κ1) is 18.5. The predicted molar refractivity (Wildman–Crippen MR) is 110 cm³/mol. The van der Waals surface area contributed by atoms with Crippen molar-refractivity contribution in [2.24, 2.45) is 10.7 Å². The normalized spacial score (nSPS) is 11.7. The molecule has 0 spiro atoms. The summed E-state index contributed by atoms with van der Waals surface area (Å²) in [5.74, 6) is -0.442. The second-order valence-electron chi connectivity index (χ2n) is 5.58. The molecule has 6 heteroatoms. The Bertz CT molecular complexity index is 978. The number of ether oxygens (including phenoxy) is 1. The highest BCUT2D eigenvalue weighted by Gasteiger charge is 2.10. The first-order chi connectivity index (χ1) is 13.2. The number of rotatable bonds is 6. The van der Waals surface area contributed by atoms with Crippen LogP contribution in [0.25, 0.3) is 16.8 Å². The van der Waals surface area contributed by atoms with E-state index in [-0.39, 0.29) is 5.69 Å². The van der Waals surface area contributed by atoms with Gasteiger partial charge in [-0.25, -0.2) is 14.8 Å². The molecule has 0 saturated carbocycles. The molecule has 0 aliphatic rings. The van der Waals surface area contributed by atoms with Gasteiger partial charge in [0.2, 0.25) is 5.13 Å². The number of allylic oxidation sites excluding steroid dienone is 1. The number of esters is 1. The SMILES string of the molecule is CCOC(=O)c1csc(N=CC=C(N)c2cccc(-c3ccccc3)c2)n1. The van der Waals surface area contributed by atoms with Crippen molar-refractivity contribution in [1.82, 2.24) is 4.98 Å². The van der Waals surface area contributed by atoms with E-state index in [0.717, 1.165) is 16.7 Å². The van der Waals surface area contributed by atoms with Gasteiger partial charge in [0.15, 0.2) is 5.69 Å². The zero-order valence-corrected chi connectivity index (χ0v) is 15.6. The summed E-state index contributed by atoms with van der Waals surface area (Å²) in [5.41, 5.74) is 10.2. The van der Waals surface area contributed by atoms with Gasteiger partial charge in [-0.15, -0.1) is 11.3 Å². The van der Waals surface area contributed by atoms with Crippen LogP contribution in [0.3, 0.4) is 0 Å². The Morgan fingerprint density at radius 1 is 1.19 bits per heavy atom. The second-order valence-corrected chi connectivity index (χ2v) is 6.42. The minimum atomic E-state index is -0.442. The number of nitrogens with two attached hydrogens (primary N) is 1. The maximum Gasteiger partial charge on any atom is 0.357 e. The highest BCUT2D eigenvalue weighted by Crippen LogP contribution is 2.22. The van der Waals surface area contributed by atoms with Crippen LogP contribution in [0.2, 0.25) is 0 Å². The Labute approximate surface area is 161 Å². The summed E-state index contributed by atoms with van der Waals surface area (Å²) in [5, 5.41) is 2.10. The molecule has 0 aliphatic heterocycles. The highest BCUT2D eigenvalue weighted by atomic mass is 32.1. The van der Waals surface area contributed by atoms with Crippen molar-refractivity contribution in [3.05, 3.63) is 77.3 Å². The molecule has 136 valence electrons. The molecule has 5 nitrogen and oxygen atoms in total. The lowest BCUT2D eigenvalue weighted by Gasteiger charge is -2.05. The van der Waals surface area contributed by atoms with Gasteiger partial charge in [0.25, 0.3) is 0 Å². The van der Waals surface area contributed by atoms with Gasteiger partial charge < -0.3 is 10.5 Å². The van der Waals surface area contributed by atoms with Gasteiger partial charge in [-0.05, 0) is 35.8 Å². The van der Waals surface area contributed by atoms with Crippen LogP contribution in [0.15, 0.2) is 71.0 Å². The summed E-state index contributed by atoms with van der Waals surface area (Å²) in [6.07, 6.45) is 3.30. The summed E-state index contributed by atoms with van der Waals surface area (Å²) in [4.78, 5) is 20.0. The predicted octanol–water partition coefficient (Wildman–Crippen LogP) is 4.69. The van der Waals surface area contributed by atoms with Gasteiger partial charge >= 0.3 is 5.97 Å². The van der Waals surface area contributed by atoms with E-state index in [1.54, 1.807) is 24.6 Å².